The first-order valence-electron chi connectivity index (χ1n) is 8.74. The average molecular weight is 314 g/mol. The summed E-state index contributed by atoms with van der Waals surface area (Å²) < 4.78 is 1.86. The molecule has 0 spiro atoms. The van der Waals surface area contributed by atoms with Crippen molar-refractivity contribution in [2.24, 2.45) is 5.92 Å². The van der Waals surface area contributed by atoms with Gasteiger partial charge in [0.15, 0.2) is 5.65 Å². The minimum absolute atomic E-state index is 0.848. The van der Waals surface area contributed by atoms with Gasteiger partial charge in [0.05, 0.1) is 0 Å². The van der Waals surface area contributed by atoms with Crippen LogP contribution in [0.2, 0.25) is 0 Å². The summed E-state index contributed by atoms with van der Waals surface area (Å²) in [6.07, 6.45) is 6.46. The third-order valence-electron chi connectivity index (χ3n) is 5.18. The van der Waals surface area contributed by atoms with Crippen LogP contribution in [0.4, 0.5) is 5.82 Å². The van der Waals surface area contributed by atoms with E-state index in [1.807, 2.05) is 16.8 Å². The van der Waals surface area contributed by atoms with Crippen LogP contribution in [0.1, 0.15) is 12.8 Å². The van der Waals surface area contributed by atoms with Crippen molar-refractivity contribution in [2.75, 3.05) is 57.8 Å². The molecule has 2 aliphatic rings. The highest BCUT2D eigenvalue weighted by atomic mass is 15.4. The van der Waals surface area contributed by atoms with Crippen LogP contribution in [-0.2, 0) is 0 Å². The van der Waals surface area contributed by atoms with Crippen LogP contribution in [0.25, 0.3) is 5.65 Å². The first-order valence-corrected chi connectivity index (χ1v) is 8.74. The lowest BCUT2D eigenvalue weighted by Gasteiger charge is -2.39. The summed E-state index contributed by atoms with van der Waals surface area (Å²) in [4.78, 5) is 11.8. The lowest BCUT2D eigenvalue weighted by molar-refractivity contribution is 0.147. The van der Waals surface area contributed by atoms with Gasteiger partial charge in [-0.1, -0.05) is 0 Å². The second kappa shape index (κ2) is 6.45. The van der Waals surface area contributed by atoms with Gasteiger partial charge in [0.1, 0.15) is 5.82 Å². The minimum Gasteiger partial charge on any atom is -0.353 e. The van der Waals surface area contributed by atoms with Gasteiger partial charge in [-0.2, -0.15) is 0 Å². The van der Waals surface area contributed by atoms with E-state index in [4.69, 9.17) is 0 Å². The van der Waals surface area contributed by atoms with E-state index in [1.165, 1.54) is 32.5 Å². The average Bonchev–Trinajstić information content (AvgIpc) is 3.03. The Balaban J connectivity index is 1.33. The van der Waals surface area contributed by atoms with Gasteiger partial charge in [0, 0.05) is 51.7 Å². The number of imidazole rings is 1. The van der Waals surface area contributed by atoms with E-state index in [1.54, 1.807) is 6.20 Å². The molecule has 0 radical (unpaired) electrons. The Morgan fingerprint density at radius 1 is 1.13 bits per heavy atom. The molecule has 2 aromatic rings. The quantitative estimate of drug-likeness (QED) is 0.851. The summed E-state index contributed by atoms with van der Waals surface area (Å²) in [7, 11) is 2.25. The number of piperidine rings is 1. The molecule has 4 heterocycles. The predicted octanol–water partition coefficient (Wildman–Crippen LogP) is 1.19. The van der Waals surface area contributed by atoms with Crippen molar-refractivity contribution in [3.05, 3.63) is 24.5 Å². The fourth-order valence-corrected chi connectivity index (χ4v) is 3.92. The van der Waals surface area contributed by atoms with Gasteiger partial charge >= 0.3 is 0 Å². The smallest absolute Gasteiger partial charge is 0.153 e. The van der Waals surface area contributed by atoms with Crippen molar-refractivity contribution < 1.29 is 0 Å². The number of hydrogen-bond donors (Lipinski definition) is 0. The Bertz CT molecular complexity index is 645. The number of anilines is 1. The van der Waals surface area contributed by atoms with E-state index in [0.29, 0.717) is 0 Å². The number of rotatable bonds is 3. The number of nitrogens with zero attached hydrogens (tertiary/aromatic N) is 6. The van der Waals surface area contributed by atoms with Crippen molar-refractivity contribution in [3.63, 3.8) is 0 Å². The third kappa shape index (κ3) is 3.33. The molecule has 4 rings (SSSR count). The lowest BCUT2D eigenvalue weighted by Crippen LogP contribution is -2.49. The molecular formula is C17H26N6. The molecule has 0 aromatic carbocycles. The van der Waals surface area contributed by atoms with Crippen LogP contribution < -0.4 is 4.90 Å². The molecule has 2 saturated heterocycles. The van der Waals surface area contributed by atoms with E-state index in [0.717, 1.165) is 43.6 Å². The molecule has 6 nitrogen and oxygen atoms in total. The molecule has 0 aliphatic carbocycles. The summed E-state index contributed by atoms with van der Waals surface area (Å²) in [6, 6.07) is 4.14. The zero-order valence-corrected chi connectivity index (χ0v) is 13.9. The van der Waals surface area contributed by atoms with Gasteiger partial charge in [-0.05, 0) is 44.5 Å². The number of hydrogen-bond acceptors (Lipinski definition) is 5. The van der Waals surface area contributed by atoms with Gasteiger partial charge in [0.25, 0.3) is 0 Å². The third-order valence-corrected chi connectivity index (χ3v) is 5.18. The molecule has 1 atom stereocenters. The van der Waals surface area contributed by atoms with Crippen LogP contribution in [-0.4, -0.2) is 77.3 Å². The Labute approximate surface area is 137 Å². The monoisotopic (exact) mass is 314 g/mol. The maximum absolute atomic E-state index is 4.66. The van der Waals surface area contributed by atoms with Crippen molar-refractivity contribution in [3.8, 4) is 0 Å². The van der Waals surface area contributed by atoms with Crippen LogP contribution >= 0.6 is 0 Å². The highest BCUT2D eigenvalue weighted by Gasteiger charge is 2.23. The summed E-state index contributed by atoms with van der Waals surface area (Å²) >= 11 is 0. The molecule has 2 aromatic heterocycles. The number of piperazine rings is 1. The summed E-state index contributed by atoms with van der Waals surface area (Å²) in [5.74, 6) is 1.91. The molecule has 2 fully saturated rings. The first kappa shape index (κ1) is 14.9. The normalized spacial score (nSPS) is 24.4. The SMILES string of the molecule is CN1CCCC(CN2CCN(c3ccc4nccn4n3)CC2)C1. The van der Waals surface area contributed by atoms with Crippen LogP contribution in [0.5, 0.6) is 0 Å². The number of likely N-dealkylation sites (tertiary alicyclic amines) is 1. The maximum Gasteiger partial charge on any atom is 0.153 e. The molecule has 23 heavy (non-hydrogen) atoms. The first-order chi connectivity index (χ1) is 11.3. The fraction of sp³-hybridized carbons (Fsp3) is 0.647. The maximum atomic E-state index is 4.66. The second-order valence-electron chi connectivity index (χ2n) is 6.98. The molecule has 2 aliphatic heterocycles. The van der Waals surface area contributed by atoms with E-state index in [-0.39, 0.29) is 0 Å². The molecule has 124 valence electrons. The van der Waals surface area contributed by atoms with Crippen molar-refractivity contribution in [1.82, 2.24) is 24.4 Å². The summed E-state index contributed by atoms with van der Waals surface area (Å²) in [5, 5.41) is 4.66. The van der Waals surface area contributed by atoms with E-state index in [2.05, 4.69) is 37.9 Å². The highest BCUT2D eigenvalue weighted by Crippen LogP contribution is 2.19. The molecule has 1 unspecified atom stereocenters. The van der Waals surface area contributed by atoms with Gasteiger partial charge in [-0.3, -0.25) is 4.90 Å². The number of aromatic nitrogens is 3. The zero-order chi connectivity index (χ0) is 15.6. The van der Waals surface area contributed by atoms with Gasteiger partial charge in [-0.25, -0.2) is 9.50 Å². The fourth-order valence-electron chi connectivity index (χ4n) is 3.92. The Morgan fingerprint density at radius 3 is 2.83 bits per heavy atom. The molecule has 0 N–H and O–H groups in total. The minimum atomic E-state index is 0.848. The predicted molar refractivity (Wildman–Crippen MR) is 91.9 cm³/mol. The molecule has 0 bridgehead atoms. The van der Waals surface area contributed by atoms with E-state index < -0.39 is 0 Å². The summed E-state index contributed by atoms with van der Waals surface area (Å²) in [6.45, 7) is 8.21. The Morgan fingerprint density at radius 2 is 2.00 bits per heavy atom. The van der Waals surface area contributed by atoms with Gasteiger partial charge < -0.3 is 9.80 Å². The van der Waals surface area contributed by atoms with Gasteiger partial charge in [0.2, 0.25) is 0 Å². The largest absolute Gasteiger partial charge is 0.353 e. The summed E-state index contributed by atoms with van der Waals surface area (Å²) in [5.41, 5.74) is 0.911. The molecular weight excluding hydrogens is 288 g/mol. The van der Waals surface area contributed by atoms with E-state index >= 15 is 0 Å². The molecule has 0 amide bonds. The van der Waals surface area contributed by atoms with Crippen molar-refractivity contribution >= 4 is 11.5 Å². The topological polar surface area (TPSA) is 39.9 Å². The standard InChI is InChI=1S/C17H26N6/c1-20-7-2-3-15(13-20)14-21-9-11-22(12-10-21)17-5-4-16-18-6-8-23(16)19-17/h4-6,8,15H,2-3,7,9-14H2,1H3. The lowest BCUT2D eigenvalue weighted by atomic mass is 9.97. The van der Waals surface area contributed by atoms with Crippen LogP contribution in [0.15, 0.2) is 24.5 Å². The van der Waals surface area contributed by atoms with Gasteiger partial charge in [-0.15, -0.1) is 5.10 Å². The Kier molecular flexibility index (Phi) is 4.18. The zero-order valence-electron chi connectivity index (χ0n) is 13.9. The Hall–Kier alpha value is -1.66. The van der Waals surface area contributed by atoms with Crippen LogP contribution in [0, 0.1) is 5.92 Å². The molecule has 6 heteroatoms. The number of fused-ring (bicyclic) bond motifs is 1. The van der Waals surface area contributed by atoms with Crippen molar-refractivity contribution in [2.45, 2.75) is 12.8 Å². The molecule has 0 saturated carbocycles. The van der Waals surface area contributed by atoms with Crippen LogP contribution in [0.3, 0.4) is 0 Å². The van der Waals surface area contributed by atoms with Crippen molar-refractivity contribution in [1.29, 1.82) is 0 Å². The van der Waals surface area contributed by atoms with E-state index in [9.17, 15) is 0 Å². The highest BCUT2D eigenvalue weighted by molar-refractivity contribution is 5.46. The second-order valence-corrected chi connectivity index (χ2v) is 6.98.